The third-order valence-corrected chi connectivity index (χ3v) is 6.52. The predicted octanol–water partition coefficient (Wildman–Crippen LogP) is 3.08. The second-order valence-corrected chi connectivity index (χ2v) is 9.67. The monoisotopic (exact) mass is 585 g/mol. The van der Waals surface area contributed by atoms with Crippen molar-refractivity contribution in [2.75, 3.05) is 40.5 Å². The van der Waals surface area contributed by atoms with E-state index < -0.39 is 36.4 Å². The number of aliphatic hydroxyl groups excluding tert-OH is 1. The normalized spacial score (nSPS) is 15.5. The topological polar surface area (TPSA) is 132 Å². The number of carbonyl (C=O) groups is 2. The molecule has 4 atom stereocenters. The molecule has 0 aromatic heterocycles. The molecular formula is C26H43ClF3N3O6. The van der Waals surface area contributed by atoms with E-state index in [0.29, 0.717) is 31.5 Å². The number of para-hydroxylation sites is 1. The summed E-state index contributed by atoms with van der Waals surface area (Å²) < 4.78 is 54.7. The molecule has 1 aromatic carbocycles. The van der Waals surface area contributed by atoms with E-state index in [-0.39, 0.29) is 43.1 Å². The number of amides is 2. The van der Waals surface area contributed by atoms with Crippen molar-refractivity contribution in [1.29, 1.82) is 0 Å². The number of benzene rings is 1. The predicted molar refractivity (Wildman–Crippen MR) is 144 cm³/mol. The van der Waals surface area contributed by atoms with Crippen molar-refractivity contribution in [2.45, 2.75) is 64.0 Å². The number of rotatable bonds is 17. The highest BCUT2D eigenvalue weighted by Gasteiger charge is 2.57. The van der Waals surface area contributed by atoms with E-state index in [1.54, 1.807) is 31.4 Å². The summed E-state index contributed by atoms with van der Waals surface area (Å²) in [6.07, 6.45) is -4.37. The molecule has 0 aliphatic carbocycles. The lowest BCUT2D eigenvalue weighted by atomic mass is 9.87. The first-order valence-corrected chi connectivity index (χ1v) is 12.6. The van der Waals surface area contributed by atoms with Crippen molar-refractivity contribution in [2.24, 2.45) is 17.6 Å². The minimum atomic E-state index is -4.94. The molecular weight excluding hydrogens is 543 g/mol. The van der Waals surface area contributed by atoms with Crippen LogP contribution in [0.15, 0.2) is 24.3 Å². The van der Waals surface area contributed by atoms with E-state index >= 15 is 0 Å². The van der Waals surface area contributed by atoms with Crippen molar-refractivity contribution < 1.29 is 42.1 Å². The fourth-order valence-electron chi connectivity index (χ4n) is 3.58. The Kier molecular flexibility index (Phi) is 16.6. The highest BCUT2D eigenvalue weighted by atomic mass is 35.5. The van der Waals surface area contributed by atoms with Crippen molar-refractivity contribution in [3.05, 3.63) is 29.8 Å². The number of hydrogen-bond donors (Lipinski definition) is 4. The van der Waals surface area contributed by atoms with Crippen molar-refractivity contribution in [3.8, 4) is 5.75 Å². The number of alkyl halides is 3. The maximum absolute atomic E-state index is 13.2. The van der Waals surface area contributed by atoms with Gasteiger partial charge in [0.25, 0.3) is 11.8 Å². The quantitative estimate of drug-likeness (QED) is 0.207. The van der Waals surface area contributed by atoms with Crippen molar-refractivity contribution in [3.63, 3.8) is 0 Å². The Morgan fingerprint density at radius 2 is 1.67 bits per heavy atom. The Morgan fingerprint density at radius 1 is 1.05 bits per heavy atom. The Labute approximate surface area is 234 Å². The van der Waals surface area contributed by atoms with E-state index in [9.17, 15) is 27.9 Å². The number of hydrogen-bond acceptors (Lipinski definition) is 7. The van der Waals surface area contributed by atoms with Crippen LogP contribution in [-0.4, -0.2) is 81.4 Å². The molecule has 0 bridgehead atoms. The van der Waals surface area contributed by atoms with E-state index in [1.807, 2.05) is 13.8 Å². The largest absolute Gasteiger partial charge is 0.493 e. The minimum absolute atomic E-state index is 0. The molecule has 0 saturated carbocycles. The summed E-state index contributed by atoms with van der Waals surface area (Å²) in [5.74, 6) is -1.37. The van der Waals surface area contributed by atoms with Crippen LogP contribution < -0.4 is 21.1 Å². The van der Waals surface area contributed by atoms with E-state index in [1.165, 1.54) is 0 Å². The van der Waals surface area contributed by atoms with Crippen LogP contribution in [0.1, 0.15) is 50.4 Å². The molecule has 2 amide bonds. The van der Waals surface area contributed by atoms with Gasteiger partial charge in [-0.05, 0) is 50.2 Å². The average molecular weight is 586 g/mol. The number of methoxy groups -OCH3 is 2. The summed E-state index contributed by atoms with van der Waals surface area (Å²) in [6.45, 7) is 5.31. The van der Waals surface area contributed by atoms with Gasteiger partial charge in [0.15, 0.2) is 0 Å². The van der Waals surface area contributed by atoms with Gasteiger partial charge in [-0.25, -0.2) is 0 Å². The molecule has 4 unspecified atom stereocenters. The number of unbranched alkanes of at least 4 members (excludes halogenated alkanes) is 1. The number of carbonyl (C=O) groups excluding carboxylic acids is 2. The summed E-state index contributed by atoms with van der Waals surface area (Å²) in [5.41, 5.74) is 3.44. The number of aliphatic hydroxyl groups is 1. The maximum atomic E-state index is 13.2. The first-order valence-electron chi connectivity index (χ1n) is 12.6. The molecule has 0 radical (unpaired) electrons. The Morgan fingerprint density at radius 3 is 2.23 bits per heavy atom. The fraction of sp³-hybridized carbons (Fsp3) is 0.692. The van der Waals surface area contributed by atoms with Gasteiger partial charge in [-0.2, -0.15) is 13.2 Å². The standard InChI is InChI=1S/C26H42F3N3O6.ClH/c1-17(2)18(14-20(30)21(33)16-32-24(35)25(3,37-5)26(27,28)29)15-31-23(34)19-10-6-7-11-22(19)38-13-9-8-12-36-4;/h6-7,10-11,17-18,20-21,33H,8-9,12-16,30H2,1-5H3,(H,31,34)(H,32,35);1H. The number of nitrogens with one attached hydrogen (secondary N) is 2. The van der Waals surface area contributed by atoms with Gasteiger partial charge in [-0.1, -0.05) is 26.0 Å². The molecule has 5 N–H and O–H groups in total. The maximum Gasteiger partial charge on any atom is 0.426 e. The molecule has 1 rings (SSSR count). The molecule has 13 heteroatoms. The van der Waals surface area contributed by atoms with Gasteiger partial charge >= 0.3 is 6.18 Å². The SMILES string of the molecule is COCCCCOc1ccccc1C(=O)NCC(CC(N)C(O)CNC(=O)C(C)(OC)C(F)(F)F)C(C)C.Cl. The second-order valence-electron chi connectivity index (χ2n) is 9.67. The molecule has 0 fully saturated rings. The first kappa shape index (κ1) is 36.9. The zero-order valence-electron chi connectivity index (χ0n) is 23.2. The van der Waals surface area contributed by atoms with Crippen molar-refractivity contribution >= 4 is 24.2 Å². The lowest BCUT2D eigenvalue weighted by molar-refractivity contribution is -0.253. The van der Waals surface area contributed by atoms with Gasteiger partial charge in [0, 0.05) is 40.0 Å². The smallest absolute Gasteiger partial charge is 0.426 e. The lowest BCUT2D eigenvalue weighted by Crippen LogP contribution is -2.58. The van der Waals surface area contributed by atoms with E-state index in [0.717, 1.165) is 20.0 Å². The highest BCUT2D eigenvalue weighted by Crippen LogP contribution is 2.33. The van der Waals surface area contributed by atoms with Gasteiger partial charge in [-0.3, -0.25) is 9.59 Å². The zero-order chi connectivity index (χ0) is 28.9. The summed E-state index contributed by atoms with van der Waals surface area (Å²) in [7, 11) is 2.41. The van der Waals surface area contributed by atoms with Crippen LogP contribution in [0, 0.1) is 11.8 Å². The van der Waals surface area contributed by atoms with Crippen LogP contribution in [0.5, 0.6) is 5.75 Å². The number of nitrogens with two attached hydrogens (primary N) is 1. The molecule has 0 heterocycles. The van der Waals surface area contributed by atoms with Gasteiger partial charge in [0.05, 0.1) is 18.3 Å². The van der Waals surface area contributed by atoms with Gasteiger partial charge in [0.2, 0.25) is 5.60 Å². The van der Waals surface area contributed by atoms with E-state index in [2.05, 4.69) is 15.4 Å². The van der Waals surface area contributed by atoms with Crippen LogP contribution in [-0.2, 0) is 14.3 Å². The van der Waals surface area contributed by atoms with Gasteiger partial charge < -0.3 is 35.7 Å². The molecule has 0 aliphatic heterocycles. The highest BCUT2D eigenvalue weighted by molar-refractivity contribution is 5.96. The fourth-order valence-corrected chi connectivity index (χ4v) is 3.58. The molecule has 0 aliphatic rings. The summed E-state index contributed by atoms with van der Waals surface area (Å²) >= 11 is 0. The Bertz CT molecular complexity index is 878. The Hall–Kier alpha value is -2.12. The van der Waals surface area contributed by atoms with Crippen LogP contribution in [0.4, 0.5) is 13.2 Å². The average Bonchev–Trinajstić information content (AvgIpc) is 2.87. The molecule has 1 aromatic rings. The third kappa shape index (κ3) is 11.5. The summed E-state index contributed by atoms with van der Waals surface area (Å²) in [4.78, 5) is 25.0. The van der Waals surface area contributed by atoms with Gasteiger partial charge in [-0.15, -0.1) is 12.4 Å². The van der Waals surface area contributed by atoms with Gasteiger partial charge in [0.1, 0.15) is 5.75 Å². The van der Waals surface area contributed by atoms with Crippen LogP contribution >= 0.6 is 12.4 Å². The summed E-state index contributed by atoms with van der Waals surface area (Å²) in [6, 6.07) is 6.04. The lowest BCUT2D eigenvalue weighted by Gasteiger charge is -2.31. The van der Waals surface area contributed by atoms with Crippen LogP contribution in [0.2, 0.25) is 0 Å². The van der Waals surface area contributed by atoms with Crippen LogP contribution in [0.25, 0.3) is 0 Å². The van der Waals surface area contributed by atoms with Crippen LogP contribution in [0.3, 0.4) is 0 Å². The minimum Gasteiger partial charge on any atom is -0.493 e. The first-order chi connectivity index (χ1) is 17.8. The molecule has 0 spiro atoms. The van der Waals surface area contributed by atoms with E-state index in [4.69, 9.17) is 15.2 Å². The number of ether oxygens (including phenoxy) is 3. The summed E-state index contributed by atoms with van der Waals surface area (Å²) in [5, 5.41) is 15.3. The molecule has 0 saturated heterocycles. The zero-order valence-corrected chi connectivity index (χ0v) is 24.0. The molecule has 9 nitrogen and oxygen atoms in total. The molecule has 39 heavy (non-hydrogen) atoms. The van der Waals surface area contributed by atoms with Crippen molar-refractivity contribution in [1.82, 2.24) is 10.6 Å². The second kappa shape index (κ2) is 17.5. The number of halogens is 4. The molecule has 226 valence electrons. The third-order valence-electron chi connectivity index (χ3n) is 6.52. The Balaban J connectivity index is 0.0000144.